The number of aliphatic hydroxyl groups excluding tert-OH is 1. The number of rotatable bonds is 11. The monoisotopic (exact) mass is 444 g/mol. The molecule has 2 heterocycles. The first kappa shape index (κ1) is 24.1. The summed E-state index contributed by atoms with van der Waals surface area (Å²) in [5.41, 5.74) is 2.16. The van der Waals surface area contributed by atoms with Crippen LogP contribution in [0.5, 0.6) is 5.75 Å². The molecule has 176 valence electrons. The maximum Gasteiger partial charge on any atom is 0.286 e. The Bertz CT molecular complexity index is 920. The lowest BCUT2D eigenvalue weighted by Gasteiger charge is -2.38. The van der Waals surface area contributed by atoms with Crippen LogP contribution in [-0.4, -0.2) is 49.2 Å². The fourth-order valence-electron chi connectivity index (χ4n) is 4.41. The molecule has 0 unspecified atom stereocenters. The van der Waals surface area contributed by atoms with Gasteiger partial charge in [-0.1, -0.05) is 13.8 Å². The third kappa shape index (κ3) is 5.64. The number of amides is 1. The van der Waals surface area contributed by atoms with Gasteiger partial charge in [0.15, 0.2) is 5.76 Å². The Kier molecular flexibility index (Phi) is 8.59. The van der Waals surface area contributed by atoms with Gasteiger partial charge in [-0.15, -0.1) is 0 Å². The van der Waals surface area contributed by atoms with E-state index < -0.39 is 6.29 Å². The number of aromatic nitrogens is 1. The molecule has 1 aliphatic heterocycles. The molecule has 0 saturated heterocycles. The number of carbonyl (C=O) groups excluding carboxylic acids is 1. The zero-order chi connectivity index (χ0) is 23.1. The van der Waals surface area contributed by atoms with Crippen LogP contribution in [0.2, 0.25) is 0 Å². The van der Waals surface area contributed by atoms with Crippen molar-refractivity contribution < 1.29 is 24.1 Å². The van der Waals surface area contributed by atoms with E-state index in [0.29, 0.717) is 37.7 Å². The molecule has 3 atom stereocenters. The van der Waals surface area contributed by atoms with Gasteiger partial charge in [0.25, 0.3) is 5.91 Å². The Morgan fingerprint density at radius 2 is 2.16 bits per heavy atom. The van der Waals surface area contributed by atoms with Crippen LogP contribution in [0.1, 0.15) is 39.2 Å². The summed E-state index contributed by atoms with van der Waals surface area (Å²) in [7, 11) is 1.65. The van der Waals surface area contributed by atoms with Crippen molar-refractivity contribution in [3.8, 4) is 5.75 Å². The Morgan fingerprint density at radius 1 is 1.34 bits per heavy atom. The predicted octanol–water partition coefficient (Wildman–Crippen LogP) is 3.77. The number of allylic oxidation sites excluding steroid dienone is 1. The Hall–Kier alpha value is -2.51. The summed E-state index contributed by atoms with van der Waals surface area (Å²) in [6, 6.07) is 5.91. The lowest BCUT2D eigenvalue weighted by Crippen LogP contribution is -2.41. The van der Waals surface area contributed by atoms with E-state index in [9.17, 15) is 9.90 Å². The van der Waals surface area contributed by atoms with Crippen molar-refractivity contribution in [2.75, 3.05) is 26.9 Å². The van der Waals surface area contributed by atoms with Gasteiger partial charge in [-0.25, -0.2) is 0 Å². The first-order valence-corrected chi connectivity index (χ1v) is 11.5. The van der Waals surface area contributed by atoms with Crippen LogP contribution < -0.4 is 10.1 Å². The number of methoxy groups -OCH3 is 1. The maximum absolute atomic E-state index is 12.9. The van der Waals surface area contributed by atoms with Crippen LogP contribution in [-0.2, 0) is 20.7 Å². The van der Waals surface area contributed by atoms with Gasteiger partial charge in [0.1, 0.15) is 5.75 Å². The number of aliphatic hydroxyl groups is 1. The number of hydrogen-bond donors (Lipinski definition) is 3. The fourth-order valence-corrected chi connectivity index (χ4v) is 4.41. The summed E-state index contributed by atoms with van der Waals surface area (Å²) in [6.45, 7) is 7.33. The second kappa shape index (κ2) is 11.4. The predicted molar refractivity (Wildman–Crippen MR) is 124 cm³/mol. The van der Waals surface area contributed by atoms with E-state index in [-0.39, 0.29) is 24.3 Å². The number of aromatic amines is 1. The highest BCUT2D eigenvalue weighted by atomic mass is 16.7. The molecule has 2 aromatic rings. The summed E-state index contributed by atoms with van der Waals surface area (Å²) in [5, 5.41) is 13.4. The van der Waals surface area contributed by atoms with Gasteiger partial charge >= 0.3 is 0 Å². The Labute approximate surface area is 190 Å². The van der Waals surface area contributed by atoms with Gasteiger partial charge < -0.3 is 29.6 Å². The highest BCUT2D eigenvalue weighted by molar-refractivity contribution is 5.91. The van der Waals surface area contributed by atoms with Crippen molar-refractivity contribution >= 4 is 16.8 Å². The second-order valence-electron chi connectivity index (χ2n) is 8.55. The molecule has 7 heteroatoms. The minimum absolute atomic E-state index is 0.111. The first-order chi connectivity index (χ1) is 15.5. The van der Waals surface area contributed by atoms with Crippen molar-refractivity contribution in [1.82, 2.24) is 10.3 Å². The van der Waals surface area contributed by atoms with Gasteiger partial charge in [-0.2, -0.15) is 0 Å². The zero-order valence-corrected chi connectivity index (χ0v) is 19.5. The normalized spacial score (nSPS) is 20.8. The average Bonchev–Trinajstić information content (AvgIpc) is 3.19. The SMILES string of the molecule is CCO[C@H]1OC(C(=O)NCCc2c[nH]c3ccc(OC)cc23)=C[C@@H](C(C)C)[C@H]1CCCO. The third-order valence-electron chi connectivity index (χ3n) is 6.11. The molecule has 0 spiro atoms. The van der Waals surface area contributed by atoms with Crippen molar-refractivity contribution in [2.45, 2.75) is 46.3 Å². The number of carbonyl (C=O) groups is 1. The van der Waals surface area contributed by atoms with Crippen LogP contribution in [0.3, 0.4) is 0 Å². The van der Waals surface area contributed by atoms with Crippen molar-refractivity contribution in [3.63, 3.8) is 0 Å². The van der Waals surface area contributed by atoms with Crippen LogP contribution in [0.15, 0.2) is 36.2 Å². The molecule has 1 amide bonds. The molecule has 0 fully saturated rings. The smallest absolute Gasteiger partial charge is 0.286 e. The molecule has 0 bridgehead atoms. The molecule has 1 aromatic heterocycles. The number of H-pyrrole nitrogens is 1. The number of benzene rings is 1. The largest absolute Gasteiger partial charge is 0.497 e. The first-order valence-electron chi connectivity index (χ1n) is 11.5. The van der Waals surface area contributed by atoms with Gasteiger partial charge in [0, 0.05) is 42.8 Å². The number of fused-ring (bicyclic) bond motifs is 1. The number of ether oxygens (including phenoxy) is 3. The van der Waals surface area contributed by atoms with Crippen molar-refractivity contribution in [2.24, 2.45) is 17.8 Å². The molecular weight excluding hydrogens is 408 g/mol. The highest BCUT2D eigenvalue weighted by Crippen LogP contribution is 2.37. The summed E-state index contributed by atoms with van der Waals surface area (Å²) < 4.78 is 17.2. The Morgan fingerprint density at radius 3 is 2.84 bits per heavy atom. The van der Waals surface area contributed by atoms with Gasteiger partial charge in [0.2, 0.25) is 6.29 Å². The van der Waals surface area contributed by atoms with E-state index in [4.69, 9.17) is 14.2 Å². The molecule has 0 radical (unpaired) electrons. The molecule has 7 nitrogen and oxygen atoms in total. The second-order valence-corrected chi connectivity index (χ2v) is 8.55. The summed E-state index contributed by atoms with van der Waals surface area (Å²) >= 11 is 0. The summed E-state index contributed by atoms with van der Waals surface area (Å²) in [5.74, 6) is 1.49. The molecular formula is C25H36N2O5. The molecule has 3 N–H and O–H groups in total. The molecule has 1 aromatic carbocycles. The van der Waals surface area contributed by atoms with Gasteiger partial charge in [-0.05, 0) is 67.9 Å². The van der Waals surface area contributed by atoms with E-state index in [2.05, 4.69) is 24.1 Å². The molecule has 1 aliphatic rings. The minimum atomic E-state index is -0.481. The standard InChI is InChI=1S/C25H36N2O5/c1-5-31-25-19(7-6-12-28)20(16(2)3)14-23(32-25)24(29)26-11-10-17-15-27-22-9-8-18(30-4)13-21(17)22/h8-9,13-16,19-20,25,27-28H,5-7,10-12H2,1-4H3,(H,26,29)/t19-,20+,25+/m1/s1. The Balaban J connectivity index is 1.67. The van der Waals surface area contributed by atoms with E-state index in [0.717, 1.165) is 28.6 Å². The van der Waals surface area contributed by atoms with Crippen molar-refractivity contribution in [3.05, 3.63) is 41.8 Å². The summed E-state index contributed by atoms with van der Waals surface area (Å²) in [6.07, 6.45) is 5.59. The topological polar surface area (TPSA) is 92.8 Å². The van der Waals surface area contributed by atoms with Crippen LogP contribution in [0.25, 0.3) is 10.9 Å². The lowest BCUT2D eigenvalue weighted by atomic mass is 9.78. The van der Waals surface area contributed by atoms with E-state index >= 15 is 0 Å². The number of nitrogens with one attached hydrogen (secondary N) is 2. The molecule has 0 saturated carbocycles. The van der Waals surface area contributed by atoms with Crippen molar-refractivity contribution in [1.29, 1.82) is 0 Å². The van der Waals surface area contributed by atoms with Gasteiger partial charge in [-0.3, -0.25) is 4.79 Å². The highest BCUT2D eigenvalue weighted by Gasteiger charge is 2.38. The summed E-state index contributed by atoms with van der Waals surface area (Å²) in [4.78, 5) is 16.2. The lowest BCUT2D eigenvalue weighted by molar-refractivity contribution is -0.175. The van der Waals surface area contributed by atoms with Gasteiger partial charge in [0.05, 0.1) is 7.11 Å². The van der Waals surface area contributed by atoms with E-state index in [1.54, 1.807) is 7.11 Å². The van der Waals surface area contributed by atoms with Crippen LogP contribution >= 0.6 is 0 Å². The molecule has 0 aliphatic carbocycles. The molecule has 32 heavy (non-hydrogen) atoms. The fraction of sp³-hybridized carbons (Fsp3) is 0.560. The average molecular weight is 445 g/mol. The zero-order valence-electron chi connectivity index (χ0n) is 19.5. The van der Waals surface area contributed by atoms with Crippen LogP contribution in [0.4, 0.5) is 0 Å². The van der Waals surface area contributed by atoms with E-state index in [1.807, 2.05) is 37.4 Å². The minimum Gasteiger partial charge on any atom is -0.497 e. The molecule has 3 rings (SSSR count). The number of hydrogen-bond acceptors (Lipinski definition) is 5. The van der Waals surface area contributed by atoms with Crippen LogP contribution in [0, 0.1) is 17.8 Å². The maximum atomic E-state index is 12.9. The van der Waals surface area contributed by atoms with E-state index in [1.165, 1.54) is 0 Å². The quantitative estimate of drug-likeness (QED) is 0.491. The third-order valence-corrected chi connectivity index (χ3v) is 6.11.